The van der Waals surface area contributed by atoms with Crippen molar-refractivity contribution in [2.75, 3.05) is 0 Å². The van der Waals surface area contributed by atoms with Gasteiger partial charge in [0, 0.05) is 12.6 Å². The molecule has 0 aliphatic carbocycles. The highest BCUT2D eigenvalue weighted by molar-refractivity contribution is 5.84. The largest absolute Gasteiger partial charge is 0.331 e. The number of hydrogen-bond donors (Lipinski definition) is 0. The number of imidazole rings is 1. The molecule has 0 fully saturated rings. The lowest BCUT2D eigenvalue weighted by Crippen LogP contribution is -1.96. The fraction of sp³-hybridized carbons (Fsp3) is 0.333. The number of carbonyl (C=O) groups excluding carboxylic acids is 1. The van der Waals surface area contributed by atoms with Crippen LogP contribution in [-0.2, 0) is 13.5 Å². The third-order valence-corrected chi connectivity index (χ3v) is 3.22. The summed E-state index contributed by atoms with van der Waals surface area (Å²) in [7, 11) is 1.94. The summed E-state index contributed by atoms with van der Waals surface area (Å²) in [6, 6.07) is 8.37. The van der Waals surface area contributed by atoms with Crippen molar-refractivity contribution in [1.82, 2.24) is 9.55 Å². The summed E-state index contributed by atoms with van der Waals surface area (Å²) in [4.78, 5) is 15.3. The Hall–Kier alpha value is -1.90. The van der Waals surface area contributed by atoms with Crippen LogP contribution in [-0.4, -0.2) is 15.8 Å². The minimum absolute atomic E-state index is 0.512. The van der Waals surface area contributed by atoms with Crippen LogP contribution in [0, 0.1) is 6.92 Å². The molecule has 1 aromatic carbocycles. The standard InChI is InChI=1S/C15H18N2O/c1-4-5-12-6-8-13(9-7-12)15-14(10-18)16-11(2)17(15)3/h6-10H,4-5H2,1-3H3. The Morgan fingerprint density at radius 1 is 1.28 bits per heavy atom. The quantitative estimate of drug-likeness (QED) is 0.772. The molecule has 0 N–H and O–H groups in total. The van der Waals surface area contributed by atoms with Crippen LogP contribution in [0.1, 0.15) is 35.2 Å². The van der Waals surface area contributed by atoms with Crippen LogP contribution in [0.15, 0.2) is 24.3 Å². The molecule has 0 unspecified atom stereocenters. The molecule has 3 heteroatoms. The molecule has 0 radical (unpaired) electrons. The molecule has 2 aromatic rings. The Bertz CT molecular complexity index is 553. The van der Waals surface area contributed by atoms with Crippen LogP contribution in [0.4, 0.5) is 0 Å². The van der Waals surface area contributed by atoms with Gasteiger partial charge in [-0.05, 0) is 18.9 Å². The van der Waals surface area contributed by atoms with Crippen molar-refractivity contribution in [3.8, 4) is 11.3 Å². The van der Waals surface area contributed by atoms with E-state index in [4.69, 9.17) is 0 Å². The van der Waals surface area contributed by atoms with Gasteiger partial charge in [0.1, 0.15) is 11.5 Å². The number of carbonyl (C=O) groups is 1. The highest BCUT2D eigenvalue weighted by Crippen LogP contribution is 2.24. The van der Waals surface area contributed by atoms with E-state index in [1.165, 1.54) is 5.56 Å². The lowest BCUT2D eigenvalue weighted by Gasteiger charge is -2.06. The molecule has 0 saturated carbocycles. The SMILES string of the molecule is CCCc1ccc(-c2c(C=O)nc(C)n2C)cc1. The Balaban J connectivity index is 2.45. The number of benzene rings is 1. The molecule has 0 amide bonds. The van der Waals surface area contributed by atoms with Crippen molar-refractivity contribution in [3.05, 3.63) is 41.3 Å². The van der Waals surface area contributed by atoms with Gasteiger partial charge in [-0.2, -0.15) is 0 Å². The topological polar surface area (TPSA) is 34.9 Å². The molecule has 1 aromatic heterocycles. The van der Waals surface area contributed by atoms with Crippen molar-refractivity contribution < 1.29 is 4.79 Å². The Labute approximate surface area is 107 Å². The summed E-state index contributed by atoms with van der Waals surface area (Å²) in [6.07, 6.45) is 3.05. The maximum absolute atomic E-state index is 11.1. The molecule has 0 bridgehead atoms. The van der Waals surface area contributed by atoms with Crippen LogP contribution in [0.5, 0.6) is 0 Å². The van der Waals surface area contributed by atoms with Crippen LogP contribution in [0.25, 0.3) is 11.3 Å². The first kappa shape index (κ1) is 12.6. The average Bonchev–Trinajstić information content (AvgIpc) is 2.67. The maximum Gasteiger partial charge on any atom is 0.170 e. The third-order valence-electron chi connectivity index (χ3n) is 3.22. The van der Waals surface area contributed by atoms with Gasteiger partial charge in [-0.1, -0.05) is 37.6 Å². The monoisotopic (exact) mass is 242 g/mol. The summed E-state index contributed by atoms with van der Waals surface area (Å²) in [5.41, 5.74) is 3.77. The maximum atomic E-state index is 11.1. The molecular formula is C15H18N2O. The molecular weight excluding hydrogens is 224 g/mol. The number of aryl methyl sites for hydroxylation is 2. The predicted octanol–water partition coefficient (Wildman–Crippen LogP) is 3.16. The van der Waals surface area contributed by atoms with Crippen LogP contribution >= 0.6 is 0 Å². The third kappa shape index (κ3) is 2.21. The van der Waals surface area contributed by atoms with Gasteiger partial charge in [0.2, 0.25) is 0 Å². The summed E-state index contributed by atoms with van der Waals surface area (Å²) >= 11 is 0. The van der Waals surface area contributed by atoms with Crippen molar-refractivity contribution in [1.29, 1.82) is 0 Å². The van der Waals surface area contributed by atoms with E-state index in [2.05, 4.69) is 36.2 Å². The highest BCUT2D eigenvalue weighted by atomic mass is 16.1. The Morgan fingerprint density at radius 3 is 2.50 bits per heavy atom. The van der Waals surface area contributed by atoms with Gasteiger partial charge in [-0.25, -0.2) is 4.98 Å². The van der Waals surface area contributed by atoms with Crippen molar-refractivity contribution >= 4 is 6.29 Å². The Morgan fingerprint density at radius 2 is 1.94 bits per heavy atom. The molecule has 0 aliphatic heterocycles. The lowest BCUT2D eigenvalue weighted by atomic mass is 10.1. The second-order valence-corrected chi connectivity index (χ2v) is 4.52. The van der Waals surface area contributed by atoms with E-state index in [9.17, 15) is 4.79 Å². The Kier molecular flexibility index (Phi) is 3.60. The predicted molar refractivity (Wildman–Crippen MR) is 72.8 cm³/mol. The molecule has 0 aliphatic rings. The van der Waals surface area contributed by atoms with Gasteiger partial charge < -0.3 is 4.57 Å². The minimum Gasteiger partial charge on any atom is -0.331 e. The molecule has 3 nitrogen and oxygen atoms in total. The molecule has 2 rings (SSSR count). The molecule has 0 saturated heterocycles. The zero-order chi connectivity index (χ0) is 13.1. The zero-order valence-electron chi connectivity index (χ0n) is 11.1. The van der Waals surface area contributed by atoms with Crippen LogP contribution in [0.2, 0.25) is 0 Å². The molecule has 0 spiro atoms. The number of rotatable bonds is 4. The number of aromatic nitrogens is 2. The van der Waals surface area contributed by atoms with E-state index in [0.29, 0.717) is 5.69 Å². The first-order valence-electron chi connectivity index (χ1n) is 6.25. The molecule has 94 valence electrons. The van der Waals surface area contributed by atoms with Crippen LogP contribution in [0.3, 0.4) is 0 Å². The first-order valence-corrected chi connectivity index (χ1v) is 6.25. The normalized spacial score (nSPS) is 10.6. The van der Waals surface area contributed by atoms with E-state index in [1.807, 2.05) is 18.5 Å². The summed E-state index contributed by atoms with van der Waals surface area (Å²) < 4.78 is 1.96. The van der Waals surface area contributed by atoms with E-state index < -0.39 is 0 Å². The van der Waals surface area contributed by atoms with E-state index >= 15 is 0 Å². The molecule has 0 atom stereocenters. The van der Waals surface area contributed by atoms with Crippen molar-refractivity contribution in [3.63, 3.8) is 0 Å². The summed E-state index contributed by atoms with van der Waals surface area (Å²) in [6.45, 7) is 4.07. The minimum atomic E-state index is 0.512. The van der Waals surface area contributed by atoms with E-state index in [0.717, 1.165) is 36.2 Å². The lowest BCUT2D eigenvalue weighted by molar-refractivity contribution is 0.112. The second kappa shape index (κ2) is 5.17. The highest BCUT2D eigenvalue weighted by Gasteiger charge is 2.13. The van der Waals surface area contributed by atoms with Crippen molar-refractivity contribution in [2.45, 2.75) is 26.7 Å². The van der Waals surface area contributed by atoms with Crippen LogP contribution < -0.4 is 0 Å². The summed E-state index contributed by atoms with van der Waals surface area (Å²) in [5.74, 6) is 0.852. The second-order valence-electron chi connectivity index (χ2n) is 4.52. The molecule has 1 heterocycles. The summed E-state index contributed by atoms with van der Waals surface area (Å²) in [5, 5.41) is 0. The van der Waals surface area contributed by atoms with Gasteiger partial charge in [-0.3, -0.25) is 4.79 Å². The fourth-order valence-corrected chi connectivity index (χ4v) is 2.18. The van der Waals surface area contributed by atoms with Gasteiger partial charge >= 0.3 is 0 Å². The van der Waals surface area contributed by atoms with Gasteiger partial charge in [-0.15, -0.1) is 0 Å². The number of aldehydes is 1. The average molecular weight is 242 g/mol. The zero-order valence-corrected chi connectivity index (χ0v) is 11.1. The van der Waals surface area contributed by atoms with E-state index in [1.54, 1.807) is 0 Å². The molecule has 18 heavy (non-hydrogen) atoms. The van der Waals surface area contributed by atoms with Gasteiger partial charge in [0.05, 0.1) is 5.69 Å². The van der Waals surface area contributed by atoms with Gasteiger partial charge in [0.15, 0.2) is 6.29 Å². The van der Waals surface area contributed by atoms with Gasteiger partial charge in [0.25, 0.3) is 0 Å². The number of hydrogen-bond acceptors (Lipinski definition) is 2. The van der Waals surface area contributed by atoms with E-state index in [-0.39, 0.29) is 0 Å². The van der Waals surface area contributed by atoms with Crippen molar-refractivity contribution in [2.24, 2.45) is 7.05 Å². The number of nitrogens with zero attached hydrogens (tertiary/aromatic N) is 2. The fourth-order valence-electron chi connectivity index (χ4n) is 2.18. The first-order chi connectivity index (χ1) is 8.67. The smallest absolute Gasteiger partial charge is 0.170 e.